The highest BCUT2D eigenvalue weighted by atomic mass is 35.5. The van der Waals surface area contributed by atoms with Crippen LogP contribution < -0.4 is 16.5 Å². The Hall–Kier alpha value is -3.44. The average molecular weight is 571 g/mol. The van der Waals surface area contributed by atoms with Gasteiger partial charge in [0.05, 0.1) is 22.1 Å². The van der Waals surface area contributed by atoms with E-state index in [2.05, 4.69) is 46.5 Å². The van der Waals surface area contributed by atoms with Crippen molar-refractivity contribution in [3.8, 4) is 11.3 Å². The fraction of sp³-hybridized carbons (Fsp3) is 0.536. The van der Waals surface area contributed by atoms with Gasteiger partial charge in [-0.2, -0.15) is 4.99 Å². The SMILES string of the molecule is CC(=O)N1C[C@@H](C)N(Nc2cc(/C(N)=N/C(=O)O)nc(-c3cncc(Cl)c3)c2NCC2CCC(C)CC2)[C@H](C)C1. The number of anilines is 2. The molecule has 1 saturated heterocycles. The van der Waals surface area contributed by atoms with E-state index in [9.17, 15) is 14.7 Å². The fourth-order valence-electron chi connectivity index (χ4n) is 5.57. The summed E-state index contributed by atoms with van der Waals surface area (Å²) >= 11 is 6.31. The molecule has 2 atom stereocenters. The lowest BCUT2D eigenvalue weighted by atomic mass is 9.83. The second kappa shape index (κ2) is 12.8. The van der Waals surface area contributed by atoms with Crippen LogP contribution in [0.1, 0.15) is 59.1 Å². The number of hydrogen-bond donors (Lipinski definition) is 4. The Morgan fingerprint density at radius 1 is 1.12 bits per heavy atom. The summed E-state index contributed by atoms with van der Waals surface area (Å²) in [7, 11) is 0. The molecule has 3 heterocycles. The van der Waals surface area contributed by atoms with Crippen LogP contribution in [0, 0.1) is 11.8 Å². The number of nitrogens with zero attached hydrogens (tertiary/aromatic N) is 5. The van der Waals surface area contributed by atoms with E-state index in [0.717, 1.165) is 31.0 Å². The van der Waals surface area contributed by atoms with Crippen LogP contribution in [0.2, 0.25) is 5.02 Å². The van der Waals surface area contributed by atoms with Crippen LogP contribution in [-0.4, -0.2) is 74.5 Å². The summed E-state index contributed by atoms with van der Waals surface area (Å²) in [5.74, 6) is 1.09. The van der Waals surface area contributed by atoms with E-state index in [1.807, 2.05) is 4.90 Å². The van der Waals surface area contributed by atoms with Crippen molar-refractivity contribution in [2.24, 2.45) is 22.6 Å². The summed E-state index contributed by atoms with van der Waals surface area (Å²) in [6.45, 7) is 9.89. The predicted molar refractivity (Wildman–Crippen MR) is 157 cm³/mol. The number of hydrogen-bond acceptors (Lipinski definition) is 7. The normalized spacial score (nSPS) is 24.0. The molecule has 0 bridgehead atoms. The molecule has 12 heteroatoms. The second-order valence-corrected chi connectivity index (χ2v) is 11.5. The van der Waals surface area contributed by atoms with Crippen molar-refractivity contribution in [3.63, 3.8) is 0 Å². The van der Waals surface area contributed by atoms with Gasteiger partial charge in [-0.05, 0) is 50.7 Å². The van der Waals surface area contributed by atoms with Crippen molar-refractivity contribution in [1.29, 1.82) is 0 Å². The van der Waals surface area contributed by atoms with E-state index in [-0.39, 0.29) is 29.5 Å². The number of carboxylic acid groups (broad SMARTS) is 1. The van der Waals surface area contributed by atoms with Crippen LogP contribution in [0.3, 0.4) is 0 Å². The van der Waals surface area contributed by atoms with Gasteiger partial charge in [0.15, 0.2) is 5.84 Å². The first-order valence-corrected chi connectivity index (χ1v) is 14.2. The van der Waals surface area contributed by atoms with Crippen molar-refractivity contribution < 1.29 is 14.7 Å². The third kappa shape index (κ3) is 7.19. The number of hydrazine groups is 1. The number of nitrogens with one attached hydrogen (secondary N) is 2. The fourth-order valence-corrected chi connectivity index (χ4v) is 5.75. The predicted octanol–water partition coefficient (Wildman–Crippen LogP) is 4.69. The minimum absolute atomic E-state index is 0.00160. The van der Waals surface area contributed by atoms with Gasteiger partial charge in [-0.3, -0.25) is 9.78 Å². The largest absolute Gasteiger partial charge is 0.463 e. The molecular formula is C28H39ClN8O3. The molecule has 0 aromatic carbocycles. The van der Waals surface area contributed by atoms with Crippen LogP contribution in [-0.2, 0) is 4.79 Å². The van der Waals surface area contributed by atoms with Crippen LogP contribution >= 0.6 is 11.6 Å². The van der Waals surface area contributed by atoms with Gasteiger partial charge in [-0.25, -0.2) is 14.8 Å². The minimum atomic E-state index is -1.41. The zero-order valence-electron chi connectivity index (χ0n) is 23.5. The number of aliphatic imine (C=N–C) groups is 1. The number of carbonyl (C=O) groups is 2. The molecule has 2 aromatic rings. The van der Waals surface area contributed by atoms with Crippen molar-refractivity contribution in [1.82, 2.24) is 19.9 Å². The Morgan fingerprint density at radius 2 is 1.80 bits per heavy atom. The molecule has 0 spiro atoms. The molecule has 0 radical (unpaired) electrons. The summed E-state index contributed by atoms with van der Waals surface area (Å²) in [5.41, 5.74) is 12.5. The van der Waals surface area contributed by atoms with Crippen LogP contribution in [0.25, 0.3) is 11.3 Å². The first-order chi connectivity index (χ1) is 19.0. The maximum atomic E-state index is 12.1. The molecule has 0 unspecified atom stereocenters. The zero-order valence-corrected chi connectivity index (χ0v) is 24.3. The molecule has 5 N–H and O–H groups in total. The highest BCUT2D eigenvalue weighted by Crippen LogP contribution is 2.37. The van der Waals surface area contributed by atoms with Crippen LogP contribution in [0.15, 0.2) is 29.5 Å². The third-order valence-corrected chi connectivity index (χ3v) is 8.00. The van der Waals surface area contributed by atoms with Gasteiger partial charge >= 0.3 is 6.09 Å². The topological polar surface area (TPSA) is 149 Å². The van der Waals surface area contributed by atoms with Crippen molar-refractivity contribution >= 4 is 40.8 Å². The molecule has 216 valence electrons. The minimum Gasteiger partial charge on any atom is -0.463 e. The quantitative estimate of drug-likeness (QED) is 0.275. The van der Waals surface area contributed by atoms with E-state index in [1.165, 1.54) is 12.8 Å². The van der Waals surface area contributed by atoms with Crippen LogP contribution in [0.4, 0.5) is 16.2 Å². The molecule has 11 nitrogen and oxygen atoms in total. The molecule has 1 aliphatic carbocycles. The summed E-state index contributed by atoms with van der Waals surface area (Å²) in [4.78, 5) is 37.8. The number of nitrogens with two attached hydrogens (primary N) is 1. The molecule has 4 rings (SSSR count). The van der Waals surface area contributed by atoms with Gasteiger partial charge in [0.2, 0.25) is 5.91 Å². The highest BCUT2D eigenvalue weighted by molar-refractivity contribution is 6.30. The maximum Gasteiger partial charge on any atom is 0.433 e. The number of amidine groups is 1. The third-order valence-electron chi connectivity index (χ3n) is 7.79. The van der Waals surface area contributed by atoms with Gasteiger partial charge < -0.3 is 26.5 Å². The number of pyridine rings is 2. The number of carbonyl (C=O) groups excluding carboxylic acids is 1. The summed E-state index contributed by atoms with van der Waals surface area (Å²) in [6, 6.07) is 3.47. The number of rotatable bonds is 7. The standard InChI is InChI=1S/C28H39ClN8O3/c1-16-5-7-20(8-6-16)11-32-26-23(35-37-17(2)14-36(19(4)38)15-18(37)3)10-24(27(30)34-28(39)40)33-25(26)21-9-22(29)13-31-12-21/h9-10,12-13,16-18,20,32H,5-8,11,14-15H2,1-4H3,(H2,30,34)(H,33,35)(H,39,40)/t16?,17-,18-,20?/m1/s1. The lowest BCUT2D eigenvalue weighted by Crippen LogP contribution is -2.59. The zero-order chi connectivity index (χ0) is 29.0. The average Bonchev–Trinajstić information content (AvgIpc) is 2.89. The van der Waals surface area contributed by atoms with Gasteiger partial charge in [0.25, 0.3) is 0 Å². The number of piperazine rings is 1. The molecule has 2 amide bonds. The van der Waals surface area contributed by atoms with Crippen molar-refractivity contribution in [3.05, 3.63) is 35.2 Å². The number of aromatic nitrogens is 2. The smallest absolute Gasteiger partial charge is 0.433 e. The van der Waals surface area contributed by atoms with E-state index in [0.29, 0.717) is 41.0 Å². The monoisotopic (exact) mass is 570 g/mol. The summed E-state index contributed by atoms with van der Waals surface area (Å²) < 4.78 is 0. The lowest BCUT2D eigenvalue weighted by molar-refractivity contribution is -0.132. The first-order valence-electron chi connectivity index (χ1n) is 13.8. The Balaban J connectivity index is 1.78. The van der Waals surface area contributed by atoms with Gasteiger partial charge in [0, 0.05) is 56.6 Å². The van der Waals surface area contributed by atoms with E-state index in [1.54, 1.807) is 31.5 Å². The number of amides is 2. The maximum absolute atomic E-state index is 12.1. The lowest BCUT2D eigenvalue weighted by Gasteiger charge is -2.44. The van der Waals surface area contributed by atoms with Crippen LogP contribution in [0.5, 0.6) is 0 Å². The molecule has 2 aromatic heterocycles. The Bertz CT molecular complexity index is 1250. The highest BCUT2D eigenvalue weighted by Gasteiger charge is 2.32. The molecule has 1 aliphatic heterocycles. The molecular weight excluding hydrogens is 532 g/mol. The van der Waals surface area contributed by atoms with Crippen molar-refractivity contribution in [2.75, 3.05) is 30.4 Å². The van der Waals surface area contributed by atoms with Crippen molar-refractivity contribution in [2.45, 2.75) is 65.5 Å². The molecule has 1 saturated carbocycles. The molecule has 2 fully saturated rings. The number of halogens is 1. The molecule has 2 aliphatic rings. The summed E-state index contributed by atoms with van der Waals surface area (Å²) in [5, 5.41) is 15.5. The Labute approximate surface area is 240 Å². The molecule has 40 heavy (non-hydrogen) atoms. The summed E-state index contributed by atoms with van der Waals surface area (Å²) in [6.07, 6.45) is 6.51. The van der Waals surface area contributed by atoms with Gasteiger partial charge in [-0.15, -0.1) is 0 Å². The Kier molecular flexibility index (Phi) is 9.47. The van der Waals surface area contributed by atoms with Gasteiger partial charge in [-0.1, -0.05) is 31.4 Å². The Morgan fingerprint density at radius 3 is 2.40 bits per heavy atom. The van der Waals surface area contributed by atoms with Gasteiger partial charge in [0.1, 0.15) is 5.69 Å². The van der Waals surface area contributed by atoms with E-state index < -0.39 is 6.09 Å². The second-order valence-electron chi connectivity index (χ2n) is 11.1. The van der Waals surface area contributed by atoms with E-state index in [4.69, 9.17) is 22.3 Å². The first kappa shape index (κ1) is 29.5. The van der Waals surface area contributed by atoms with E-state index >= 15 is 0 Å².